The van der Waals surface area contributed by atoms with Gasteiger partial charge in [-0.2, -0.15) is 0 Å². The normalized spacial score (nSPS) is 10.5. The van der Waals surface area contributed by atoms with Crippen molar-refractivity contribution >= 4 is 18.2 Å². The summed E-state index contributed by atoms with van der Waals surface area (Å²) in [5, 5.41) is 19.9. The minimum absolute atomic E-state index is 0.182. The molecule has 0 rings (SSSR count). The zero-order chi connectivity index (χ0) is 9.56. The van der Waals surface area contributed by atoms with Crippen LogP contribution < -0.4 is 0 Å². The highest BCUT2D eigenvalue weighted by atomic mass is 16.6. The molecule has 0 radical (unpaired) electrons. The van der Waals surface area contributed by atoms with Crippen LogP contribution in [0.1, 0.15) is 6.42 Å². The summed E-state index contributed by atoms with van der Waals surface area (Å²) in [4.78, 5) is 24.7. The van der Waals surface area contributed by atoms with Gasteiger partial charge in [0.1, 0.15) is 7.11 Å². The number of hydrogen-bond acceptors (Lipinski definition) is 4. The first-order chi connectivity index (χ1) is 5.59. The first kappa shape index (κ1) is 10.4. The van der Waals surface area contributed by atoms with E-state index in [9.17, 15) is 9.59 Å². The van der Waals surface area contributed by atoms with Crippen molar-refractivity contribution in [3.63, 3.8) is 0 Å². The van der Waals surface area contributed by atoms with Crippen LogP contribution in [0.15, 0.2) is 5.16 Å². The van der Waals surface area contributed by atoms with Crippen molar-refractivity contribution in [3.8, 4) is 0 Å². The van der Waals surface area contributed by atoms with Gasteiger partial charge in [-0.1, -0.05) is 5.16 Å². The van der Waals surface area contributed by atoms with Gasteiger partial charge in [0, 0.05) is 12.6 Å². The summed E-state index contributed by atoms with van der Waals surface area (Å²) in [6, 6.07) is 0. The van der Waals surface area contributed by atoms with Crippen LogP contribution >= 0.6 is 0 Å². The van der Waals surface area contributed by atoms with Gasteiger partial charge >= 0.3 is 11.9 Å². The minimum Gasteiger partial charge on any atom is -0.481 e. The van der Waals surface area contributed by atoms with Crippen molar-refractivity contribution in [2.75, 3.05) is 7.11 Å². The van der Waals surface area contributed by atoms with E-state index in [1.54, 1.807) is 0 Å². The lowest BCUT2D eigenvalue weighted by atomic mass is 10.1. The van der Waals surface area contributed by atoms with E-state index in [-0.39, 0.29) is 6.42 Å². The van der Waals surface area contributed by atoms with Gasteiger partial charge in [0.2, 0.25) is 0 Å². The minimum atomic E-state index is -1.45. The van der Waals surface area contributed by atoms with Crippen LogP contribution in [0.25, 0.3) is 0 Å². The summed E-state index contributed by atoms with van der Waals surface area (Å²) < 4.78 is 0. The molecule has 0 aliphatic heterocycles. The van der Waals surface area contributed by atoms with E-state index in [0.717, 1.165) is 6.21 Å². The molecule has 0 heterocycles. The van der Waals surface area contributed by atoms with Gasteiger partial charge in [0.05, 0.1) is 0 Å². The van der Waals surface area contributed by atoms with Crippen LogP contribution in [0.3, 0.4) is 0 Å². The Balaban J connectivity index is 4.06. The highest BCUT2D eigenvalue weighted by Crippen LogP contribution is 2.01. The Hall–Kier alpha value is -1.59. The summed E-state index contributed by atoms with van der Waals surface area (Å²) in [5.41, 5.74) is 0. The number of carboxylic acids is 2. The average Bonchev–Trinajstić information content (AvgIpc) is 1.96. The lowest BCUT2D eigenvalue weighted by Crippen LogP contribution is -2.23. The van der Waals surface area contributed by atoms with Gasteiger partial charge < -0.3 is 15.1 Å². The summed E-state index contributed by atoms with van der Waals surface area (Å²) in [7, 11) is 1.28. The van der Waals surface area contributed by atoms with Crippen molar-refractivity contribution in [1.29, 1.82) is 0 Å². The maximum Gasteiger partial charge on any atom is 0.318 e. The molecule has 0 aliphatic carbocycles. The van der Waals surface area contributed by atoms with E-state index in [2.05, 4.69) is 9.99 Å². The van der Waals surface area contributed by atoms with Crippen molar-refractivity contribution in [2.45, 2.75) is 6.42 Å². The second-order valence-electron chi connectivity index (χ2n) is 1.94. The predicted octanol–water partition coefficient (Wildman–Crippen LogP) is -0.206. The molecule has 68 valence electrons. The third-order valence-corrected chi connectivity index (χ3v) is 1.12. The number of nitrogens with zero attached hydrogens (tertiary/aromatic N) is 1. The van der Waals surface area contributed by atoms with Crippen molar-refractivity contribution in [1.82, 2.24) is 0 Å². The Morgan fingerprint density at radius 3 is 2.33 bits per heavy atom. The van der Waals surface area contributed by atoms with Crippen LogP contribution in [-0.4, -0.2) is 35.5 Å². The Morgan fingerprint density at radius 1 is 1.50 bits per heavy atom. The summed E-state index contributed by atoms with van der Waals surface area (Å²) in [5.74, 6) is -4.22. The topological polar surface area (TPSA) is 96.2 Å². The molecule has 0 fully saturated rings. The van der Waals surface area contributed by atoms with E-state index < -0.39 is 17.9 Å². The Morgan fingerprint density at radius 2 is 2.00 bits per heavy atom. The molecular weight excluding hydrogens is 166 g/mol. The fourth-order valence-electron chi connectivity index (χ4n) is 0.530. The fourth-order valence-corrected chi connectivity index (χ4v) is 0.530. The number of rotatable bonds is 5. The quantitative estimate of drug-likeness (QED) is 0.342. The van der Waals surface area contributed by atoms with E-state index in [0.29, 0.717) is 0 Å². The van der Waals surface area contributed by atoms with E-state index in [1.807, 2.05) is 0 Å². The molecule has 6 heteroatoms. The molecule has 0 bridgehead atoms. The van der Waals surface area contributed by atoms with Gasteiger partial charge in [0.25, 0.3) is 0 Å². The Kier molecular flexibility index (Phi) is 4.43. The summed E-state index contributed by atoms with van der Waals surface area (Å²) >= 11 is 0. The third kappa shape index (κ3) is 3.55. The van der Waals surface area contributed by atoms with Crippen LogP contribution in [0.2, 0.25) is 0 Å². The van der Waals surface area contributed by atoms with Crippen molar-refractivity contribution in [2.24, 2.45) is 11.1 Å². The predicted molar refractivity (Wildman–Crippen MR) is 38.9 cm³/mol. The summed E-state index contributed by atoms with van der Waals surface area (Å²) in [6.45, 7) is 0. The molecule has 0 aliphatic rings. The highest BCUT2D eigenvalue weighted by Gasteiger charge is 2.24. The van der Waals surface area contributed by atoms with Crippen LogP contribution in [0.4, 0.5) is 0 Å². The van der Waals surface area contributed by atoms with Gasteiger partial charge in [-0.15, -0.1) is 0 Å². The van der Waals surface area contributed by atoms with Crippen molar-refractivity contribution in [3.05, 3.63) is 0 Å². The third-order valence-electron chi connectivity index (χ3n) is 1.12. The molecule has 2 N–H and O–H groups in total. The maximum atomic E-state index is 10.3. The maximum absolute atomic E-state index is 10.3. The lowest BCUT2D eigenvalue weighted by Gasteiger charge is -2.01. The lowest BCUT2D eigenvalue weighted by molar-refractivity contribution is -0.154. The zero-order valence-corrected chi connectivity index (χ0v) is 6.43. The SMILES string of the molecule is CON=CCC(C(=O)O)C(=O)O. The molecule has 0 saturated carbocycles. The molecule has 6 nitrogen and oxygen atoms in total. The summed E-state index contributed by atoms with van der Waals surface area (Å²) in [6.07, 6.45) is 0.922. The molecular formula is C6H9NO5. The number of oxime groups is 1. The van der Waals surface area contributed by atoms with E-state index in [4.69, 9.17) is 10.2 Å². The first-order valence-corrected chi connectivity index (χ1v) is 3.10. The largest absolute Gasteiger partial charge is 0.481 e. The first-order valence-electron chi connectivity index (χ1n) is 3.10. The monoisotopic (exact) mass is 175 g/mol. The molecule has 0 aromatic carbocycles. The molecule has 0 saturated heterocycles. The number of aliphatic carboxylic acids is 2. The number of carbonyl (C=O) groups is 2. The zero-order valence-electron chi connectivity index (χ0n) is 6.43. The molecule has 12 heavy (non-hydrogen) atoms. The number of carboxylic acid groups (broad SMARTS) is 2. The molecule has 0 unspecified atom stereocenters. The van der Waals surface area contributed by atoms with Gasteiger partial charge in [-0.05, 0) is 0 Å². The Labute approximate surface area is 68.4 Å². The molecule has 0 atom stereocenters. The van der Waals surface area contributed by atoms with Gasteiger partial charge in [-0.25, -0.2) is 0 Å². The average molecular weight is 175 g/mol. The highest BCUT2D eigenvalue weighted by molar-refractivity contribution is 5.95. The van der Waals surface area contributed by atoms with Crippen LogP contribution in [-0.2, 0) is 14.4 Å². The smallest absolute Gasteiger partial charge is 0.318 e. The van der Waals surface area contributed by atoms with Gasteiger partial charge in [-0.3, -0.25) is 9.59 Å². The molecule has 0 aromatic rings. The van der Waals surface area contributed by atoms with Crippen molar-refractivity contribution < 1.29 is 24.6 Å². The van der Waals surface area contributed by atoms with Crippen LogP contribution in [0.5, 0.6) is 0 Å². The fraction of sp³-hybridized carbons (Fsp3) is 0.500. The second-order valence-corrected chi connectivity index (χ2v) is 1.94. The van der Waals surface area contributed by atoms with Gasteiger partial charge in [0.15, 0.2) is 5.92 Å². The number of hydrogen-bond donors (Lipinski definition) is 2. The van der Waals surface area contributed by atoms with Crippen LogP contribution in [0, 0.1) is 5.92 Å². The second kappa shape index (κ2) is 5.11. The standard InChI is InChI=1S/C6H9NO5/c1-12-7-3-2-4(5(8)9)6(10)11/h3-4H,2H2,1H3,(H,8,9)(H,10,11). The van der Waals surface area contributed by atoms with E-state index in [1.165, 1.54) is 7.11 Å². The van der Waals surface area contributed by atoms with E-state index >= 15 is 0 Å². The molecule has 0 aromatic heterocycles. The molecule has 0 amide bonds. The molecule has 0 spiro atoms. The Bertz CT molecular complexity index is 186.